The first-order chi connectivity index (χ1) is 13.6. The van der Waals surface area contributed by atoms with Gasteiger partial charge in [0, 0.05) is 31.7 Å². The summed E-state index contributed by atoms with van der Waals surface area (Å²) in [6, 6.07) is 5.46. The Hall–Kier alpha value is -2.26. The molecule has 8 nitrogen and oxygen atoms in total. The smallest absolute Gasteiger partial charge is 0.236 e. The van der Waals surface area contributed by atoms with Crippen LogP contribution in [0.15, 0.2) is 22.7 Å². The van der Waals surface area contributed by atoms with E-state index in [1.807, 2.05) is 11.0 Å². The fourth-order valence-corrected chi connectivity index (χ4v) is 3.79. The van der Waals surface area contributed by atoms with Gasteiger partial charge in [0.2, 0.25) is 17.6 Å². The average molecular weight is 407 g/mol. The molecule has 1 aliphatic heterocycles. The minimum Gasteiger partial charge on any atom is -0.493 e. The van der Waals surface area contributed by atoms with Crippen LogP contribution < -0.4 is 9.47 Å². The number of nitrogens with zero attached hydrogens (tertiary/aromatic N) is 4. The number of aromatic nitrogens is 2. The van der Waals surface area contributed by atoms with Gasteiger partial charge in [0.15, 0.2) is 11.5 Å². The van der Waals surface area contributed by atoms with Crippen molar-refractivity contribution in [1.29, 1.82) is 0 Å². The number of hydrogen-bond acceptors (Lipinski definition) is 8. The average Bonchev–Trinajstić information content (AvgIpc) is 3.22. The molecule has 1 aromatic heterocycles. The highest BCUT2D eigenvalue weighted by atomic mass is 32.2. The monoisotopic (exact) mass is 406 g/mol. The molecule has 0 atom stereocenters. The van der Waals surface area contributed by atoms with E-state index in [9.17, 15) is 4.79 Å². The van der Waals surface area contributed by atoms with Gasteiger partial charge < -0.3 is 23.8 Å². The van der Waals surface area contributed by atoms with Crippen LogP contribution in [0.3, 0.4) is 0 Å². The van der Waals surface area contributed by atoms with E-state index in [0.717, 1.165) is 38.3 Å². The predicted molar refractivity (Wildman–Crippen MR) is 108 cm³/mol. The van der Waals surface area contributed by atoms with Gasteiger partial charge in [0.25, 0.3) is 0 Å². The number of piperazine rings is 1. The SMILES string of the molecule is CCN1CCN(C(=O)CSCc2nc(-c3ccc(OC)c(OC)c3)no2)CC1. The summed E-state index contributed by atoms with van der Waals surface area (Å²) in [6.45, 7) is 6.69. The number of ether oxygens (including phenoxy) is 2. The van der Waals surface area contributed by atoms with E-state index < -0.39 is 0 Å². The molecule has 0 bridgehead atoms. The summed E-state index contributed by atoms with van der Waals surface area (Å²) in [7, 11) is 3.17. The van der Waals surface area contributed by atoms with E-state index in [1.54, 1.807) is 26.4 Å². The fourth-order valence-electron chi connectivity index (χ4n) is 3.04. The number of likely N-dealkylation sites (N-methyl/N-ethyl adjacent to an activating group) is 1. The Labute approximate surface area is 169 Å². The molecule has 152 valence electrons. The summed E-state index contributed by atoms with van der Waals surface area (Å²) in [4.78, 5) is 21.0. The molecule has 0 spiro atoms. The number of thioether (sulfide) groups is 1. The standard InChI is InChI=1S/C19H26N4O4S/c1-4-22-7-9-23(10-8-22)18(24)13-28-12-17-20-19(21-27-17)14-5-6-15(25-2)16(11-14)26-3/h5-6,11H,4,7-10,12-13H2,1-3H3. The lowest BCUT2D eigenvalue weighted by molar-refractivity contribution is -0.130. The highest BCUT2D eigenvalue weighted by Crippen LogP contribution is 2.31. The number of amides is 1. The summed E-state index contributed by atoms with van der Waals surface area (Å²) >= 11 is 1.49. The maximum Gasteiger partial charge on any atom is 0.236 e. The quantitative estimate of drug-likeness (QED) is 0.660. The van der Waals surface area contributed by atoms with E-state index in [1.165, 1.54) is 11.8 Å². The normalized spacial score (nSPS) is 14.9. The van der Waals surface area contributed by atoms with E-state index in [0.29, 0.717) is 34.7 Å². The van der Waals surface area contributed by atoms with Crippen molar-refractivity contribution in [3.8, 4) is 22.9 Å². The molecule has 1 saturated heterocycles. The van der Waals surface area contributed by atoms with E-state index in [2.05, 4.69) is 22.0 Å². The van der Waals surface area contributed by atoms with Gasteiger partial charge in [-0.1, -0.05) is 12.1 Å². The van der Waals surface area contributed by atoms with Crippen LogP contribution >= 0.6 is 11.8 Å². The van der Waals surface area contributed by atoms with Gasteiger partial charge in [0.05, 0.1) is 25.7 Å². The van der Waals surface area contributed by atoms with Crippen LogP contribution in [0.2, 0.25) is 0 Å². The van der Waals surface area contributed by atoms with Gasteiger partial charge in [-0.25, -0.2) is 0 Å². The Bertz CT molecular complexity index is 790. The molecule has 1 aromatic carbocycles. The van der Waals surface area contributed by atoms with Crippen LogP contribution in [0, 0.1) is 0 Å². The lowest BCUT2D eigenvalue weighted by Gasteiger charge is -2.34. The zero-order valence-corrected chi connectivity index (χ0v) is 17.3. The van der Waals surface area contributed by atoms with Crippen LogP contribution in [-0.2, 0) is 10.5 Å². The predicted octanol–water partition coefficient (Wildman–Crippen LogP) is 2.15. The van der Waals surface area contributed by atoms with Gasteiger partial charge in [-0.05, 0) is 24.7 Å². The molecule has 3 rings (SSSR count). The number of carbonyl (C=O) groups excluding carboxylic acids is 1. The molecule has 1 fully saturated rings. The maximum atomic E-state index is 12.3. The van der Waals surface area contributed by atoms with Crippen molar-refractivity contribution in [2.45, 2.75) is 12.7 Å². The molecule has 2 aromatic rings. The van der Waals surface area contributed by atoms with E-state index in [-0.39, 0.29) is 5.91 Å². The third-order valence-electron chi connectivity index (χ3n) is 4.73. The van der Waals surface area contributed by atoms with Crippen LogP contribution in [0.5, 0.6) is 11.5 Å². The van der Waals surface area contributed by atoms with Crippen molar-refractivity contribution in [2.24, 2.45) is 0 Å². The first-order valence-electron chi connectivity index (χ1n) is 9.27. The van der Waals surface area contributed by atoms with E-state index >= 15 is 0 Å². The summed E-state index contributed by atoms with van der Waals surface area (Å²) in [5, 5.41) is 4.03. The van der Waals surface area contributed by atoms with Gasteiger partial charge >= 0.3 is 0 Å². The Morgan fingerprint density at radius 2 is 1.93 bits per heavy atom. The third kappa shape index (κ3) is 4.96. The molecule has 1 amide bonds. The largest absolute Gasteiger partial charge is 0.493 e. The van der Waals surface area contributed by atoms with Crippen molar-refractivity contribution in [3.05, 3.63) is 24.1 Å². The van der Waals surface area contributed by atoms with E-state index in [4.69, 9.17) is 14.0 Å². The Morgan fingerprint density at radius 3 is 2.61 bits per heavy atom. The second-order valence-electron chi connectivity index (χ2n) is 6.39. The van der Waals surface area contributed by atoms with Crippen LogP contribution in [0.1, 0.15) is 12.8 Å². The maximum absolute atomic E-state index is 12.3. The zero-order valence-electron chi connectivity index (χ0n) is 16.5. The van der Waals surface area contributed by atoms with Crippen LogP contribution in [-0.4, -0.2) is 78.5 Å². The summed E-state index contributed by atoms with van der Waals surface area (Å²) < 4.78 is 15.9. The summed E-state index contributed by atoms with van der Waals surface area (Å²) in [5.74, 6) is 3.32. The molecule has 1 aliphatic rings. The third-order valence-corrected chi connectivity index (χ3v) is 5.64. The number of methoxy groups -OCH3 is 2. The second kappa shape index (κ2) is 9.79. The zero-order chi connectivity index (χ0) is 19.9. The first kappa shape index (κ1) is 20.5. The molecule has 0 radical (unpaired) electrons. The first-order valence-corrected chi connectivity index (χ1v) is 10.4. The topological polar surface area (TPSA) is 80.9 Å². The number of carbonyl (C=O) groups is 1. The highest BCUT2D eigenvalue weighted by Gasteiger charge is 2.20. The number of rotatable bonds is 8. The molecule has 0 aliphatic carbocycles. The molecule has 0 unspecified atom stereocenters. The van der Waals surface area contributed by atoms with Crippen molar-refractivity contribution in [1.82, 2.24) is 19.9 Å². The molecule has 28 heavy (non-hydrogen) atoms. The van der Waals surface area contributed by atoms with Crippen molar-refractivity contribution < 1.29 is 18.8 Å². The van der Waals surface area contributed by atoms with Gasteiger partial charge in [-0.3, -0.25) is 4.79 Å². The van der Waals surface area contributed by atoms with Gasteiger partial charge in [0.1, 0.15) is 0 Å². The molecule has 9 heteroatoms. The lowest BCUT2D eigenvalue weighted by atomic mass is 10.2. The van der Waals surface area contributed by atoms with Gasteiger partial charge in [-0.2, -0.15) is 4.98 Å². The fraction of sp³-hybridized carbons (Fsp3) is 0.526. The minimum atomic E-state index is 0.167. The lowest BCUT2D eigenvalue weighted by Crippen LogP contribution is -2.49. The van der Waals surface area contributed by atoms with Crippen molar-refractivity contribution >= 4 is 17.7 Å². The number of hydrogen-bond donors (Lipinski definition) is 0. The molecule has 2 heterocycles. The van der Waals surface area contributed by atoms with Crippen molar-refractivity contribution in [3.63, 3.8) is 0 Å². The summed E-state index contributed by atoms with van der Waals surface area (Å²) in [6.07, 6.45) is 0. The summed E-state index contributed by atoms with van der Waals surface area (Å²) in [5.41, 5.74) is 0.780. The number of benzene rings is 1. The molecular formula is C19H26N4O4S. The Morgan fingerprint density at radius 1 is 1.18 bits per heavy atom. The van der Waals surface area contributed by atoms with Gasteiger partial charge in [-0.15, -0.1) is 11.8 Å². The molecule has 0 N–H and O–H groups in total. The van der Waals surface area contributed by atoms with Crippen molar-refractivity contribution in [2.75, 3.05) is 52.7 Å². The second-order valence-corrected chi connectivity index (χ2v) is 7.37. The molecular weight excluding hydrogens is 380 g/mol. The molecule has 0 saturated carbocycles. The van der Waals surface area contributed by atoms with Crippen LogP contribution in [0.4, 0.5) is 0 Å². The Kier molecular flexibility index (Phi) is 7.16. The Balaban J connectivity index is 1.50. The highest BCUT2D eigenvalue weighted by molar-refractivity contribution is 7.99. The van der Waals surface area contributed by atoms with Crippen LogP contribution in [0.25, 0.3) is 11.4 Å². The minimum absolute atomic E-state index is 0.167.